The van der Waals surface area contributed by atoms with Crippen LogP contribution in [0.15, 0.2) is 24.3 Å². The van der Waals surface area contributed by atoms with Crippen LogP contribution in [0, 0.1) is 18.3 Å². The molecule has 1 aromatic carbocycles. The molecule has 3 atom stereocenters. The van der Waals surface area contributed by atoms with E-state index in [4.69, 9.17) is 0 Å². The van der Waals surface area contributed by atoms with E-state index in [1.807, 2.05) is 0 Å². The second-order valence-corrected chi connectivity index (χ2v) is 7.04. The smallest absolute Gasteiger partial charge is 0.0104 e. The molecule has 1 saturated heterocycles. The fourth-order valence-corrected chi connectivity index (χ4v) is 3.82. The first-order chi connectivity index (χ1) is 8.32. The van der Waals surface area contributed by atoms with E-state index in [1.165, 1.54) is 12.1 Å². The molecule has 1 aliphatic rings. The topological polar surface area (TPSA) is 3.24 Å². The van der Waals surface area contributed by atoms with Crippen LogP contribution < -0.4 is 0 Å². The van der Waals surface area contributed by atoms with Gasteiger partial charge in [0.2, 0.25) is 0 Å². The summed E-state index contributed by atoms with van der Waals surface area (Å²) in [7, 11) is 2.27. The fraction of sp³-hybridized carbons (Fsp3) is 0.647. The zero-order valence-electron chi connectivity index (χ0n) is 12.7. The summed E-state index contributed by atoms with van der Waals surface area (Å²) in [5.74, 6) is 1.40. The molecule has 1 heteroatoms. The van der Waals surface area contributed by atoms with E-state index < -0.39 is 0 Å². The van der Waals surface area contributed by atoms with Crippen molar-refractivity contribution in [3.8, 4) is 0 Å². The maximum atomic E-state index is 2.52. The number of nitrogens with zero attached hydrogens (tertiary/aromatic N) is 1. The average Bonchev–Trinajstić information content (AvgIpc) is 2.55. The molecule has 0 N–H and O–H groups in total. The zero-order chi connectivity index (χ0) is 13.5. The Morgan fingerprint density at radius 1 is 1.17 bits per heavy atom. The summed E-state index contributed by atoms with van der Waals surface area (Å²) in [6.07, 6.45) is 0. The van der Waals surface area contributed by atoms with Gasteiger partial charge in [-0.25, -0.2) is 0 Å². The van der Waals surface area contributed by atoms with Gasteiger partial charge in [-0.1, -0.05) is 45.0 Å². The summed E-state index contributed by atoms with van der Waals surface area (Å²) in [6, 6.07) is 9.57. The summed E-state index contributed by atoms with van der Waals surface area (Å²) < 4.78 is 0. The van der Waals surface area contributed by atoms with Crippen molar-refractivity contribution in [2.24, 2.45) is 11.3 Å². The van der Waals surface area contributed by atoms with E-state index >= 15 is 0 Å². The predicted octanol–water partition coefficient (Wildman–Crippen LogP) is 4.07. The molecule has 0 aromatic heterocycles. The third-order valence-electron chi connectivity index (χ3n) is 4.72. The molecular formula is C17H27N. The van der Waals surface area contributed by atoms with Crippen LogP contribution in [0.3, 0.4) is 0 Å². The molecule has 1 aromatic rings. The average molecular weight is 245 g/mol. The predicted molar refractivity (Wildman–Crippen MR) is 79.0 cm³/mol. The molecule has 0 amide bonds. The maximum Gasteiger partial charge on any atom is 0.0104 e. The molecule has 1 heterocycles. The Kier molecular flexibility index (Phi) is 3.55. The van der Waals surface area contributed by atoms with Crippen LogP contribution in [0.1, 0.15) is 44.7 Å². The molecule has 0 radical (unpaired) electrons. The van der Waals surface area contributed by atoms with Crippen molar-refractivity contribution in [1.82, 2.24) is 4.90 Å². The molecule has 0 saturated carbocycles. The van der Waals surface area contributed by atoms with Crippen LogP contribution in [-0.2, 0) is 0 Å². The summed E-state index contributed by atoms with van der Waals surface area (Å²) in [5, 5.41) is 0. The zero-order valence-corrected chi connectivity index (χ0v) is 12.7. The summed E-state index contributed by atoms with van der Waals surface area (Å²) >= 11 is 0. The summed E-state index contributed by atoms with van der Waals surface area (Å²) in [6.45, 7) is 13.0. The van der Waals surface area contributed by atoms with Gasteiger partial charge >= 0.3 is 0 Å². The van der Waals surface area contributed by atoms with Gasteiger partial charge in [-0.2, -0.15) is 0 Å². The van der Waals surface area contributed by atoms with E-state index in [2.05, 4.69) is 70.8 Å². The minimum atomic E-state index is 0.358. The Morgan fingerprint density at radius 3 is 2.33 bits per heavy atom. The lowest BCUT2D eigenvalue weighted by molar-refractivity contribution is 0.173. The van der Waals surface area contributed by atoms with E-state index in [1.54, 1.807) is 5.56 Å². The molecular weight excluding hydrogens is 218 g/mol. The molecule has 0 aliphatic carbocycles. The Morgan fingerprint density at radius 2 is 1.78 bits per heavy atom. The molecule has 100 valence electrons. The molecule has 0 spiro atoms. The standard InChI is InChI=1S/C17H27N/c1-12-9-7-8-10-14(12)15-11-18(6)13(2)16(15)17(3,4)5/h7-10,13,15-16H,11H2,1-6H3. The van der Waals surface area contributed by atoms with Gasteiger partial charge in [-0.15, -0.1) is 0 Å². The van der Waals surface area contributed by atoms with Crippen LogP contribution >= 0.6 is 0 Å². The van der Waals surface area contributed by atoms with E-state index in [0.29, 0.717) is 17.4 Å². The second-order valence-electron chi connectivity index (χ2n) is 7.04. The van der Waals surface area contributed by atoms with Gasteiger partial charge in [-0.3, -0.25) is 0 Å². The summed E-state index contributed by atoms with van der Waals surface area (Å²) in [4.78, 5) is 2.52. The molecule has 18 heavy (non-hydrogen) atoms. The van der Waals surface area contributed by atoms with Gasteiger partial charge in [0.1, 0.15) is 0 Å². The van der Waals surface area contributed by atoms with Crippen molar-refractivity contribution in [3.63, 3.8) is 0 Å². The highest BCUT2D eigenvalue weighted by Crippen LogP contribution is 2.46. The highest BCUT2D eigenvalue weighted by atomic mass is 15.2. The lowest BCUT2D eigenvalue weighted by Crippen LogP contribution is -2.34. The van der Waals surface area contributed by atoms with Crippen molar-refractivity contribution in [2.75, 3.05) is 13.6 Å². The monoisotopic (exact) mass is 245 g/mol. The largest absolute Gasteiger partial charge is 0.303 e. The first kappa shape index (κ1) is 13.6. The Balaban J connectivity index is 2.41. The van der Waals surface area contributed by atoms with Crippen LogP contribution in [0.4, 0.5) is 0 Å². The fourth-order valence-electron chi connectivity index (χ4n) is 3.82. The van der Waals surface area contributed by atoms with Gasteiger partial charge in [0.05, 0.1) is 0 Å². The van der Waals surface area contributed by atoms with E-state index in [9.17, 15) is 0 Å². The second kappa shape index (κ2) is 4.70. The third kappa shape index (κ3) is 2.33. The van der Waals surface area contributed by atoms with Gasteiger partial charge < -0.3 is 4.90 Å². The Labute approximate surface area is 112 Å². The van der Waals surface area contributed by atoms with Gasteiger partial charge in [0.15, 0.2) is 0 Å². The first-order valence-electron chi connectivity index (χ1n) is 7.08. The van der Waals surface area contributed by atoms with Crippen molar-refractivity contribution in [1.29, 1.82) is 0 Å². The molecule has 1 nitrogen and oxygen atoms in total. The lowest BCUT2D eigenvalue weighted by Gasteiger charge is -2.36. The minimum Gasteiger partial charge on any atom is -0.303 e. The van der Waals surface area contributed by atoms with Crippen LogP contribution in [0.25, 0.3) is 0 Å². The van der Waals surface area contributed by atoms with Gasteiger partial charge in [-0.05, 0) is 43.4 Å². The molecule has 1 aliphatic heterocycles. The van der Waals surface area contributed by atoms with E-state index in [-0.39, 0.29) is 0 Å². The number of likely N-dealkylation sites (N-methyl/N-ethyl adjacent to an activating group) is 1. The first-order valence-corrected chi connectivity index (χ1v) is 7.08. The molecule has 3 unspecified atom stereocenters. The van der Waals surface area contributed by atoms with Crippen molar-refractivity contribution < 1.29 is 0 Å². The quantitative estimate of drug-likeness (QED) is 0.721. The van der Waals surface area contributed by atoms with Crippen molar-refractivity contribution in [2.45, 2.75) is 46.6 Å². The number of aryl methyl sites for hydroxylation is 1. The molecule has 2 rings (SSSR count). The molecule has 0 bridgehead atoms. The van der Waals surface area contributed by atoms with Crippen LogP contribution in [0.2, 0.25) is 0 Å². The van der Waals surface area contributed by atoms with Gasteiger partial charge in [0, 0.05) is 18.5 Å². The number of rotatable bonds is 1. The molecule has 1 fully saturated rings. The highest BCUT2D eigenvalue weighted by molar-refractivity contribution is 5.32. The SMILES string of the molecule is Cc1ccccc1C1CN(C)C(C)C1C(C)(C)C. The lowest BCUT2D eigenvalue weighted by atomic mass is 9.69. The number of hydrogen-bond donors (Lipinski definition) is 0. The Hall–Kier alpha value is -0.820. The maximum absolute atomic E-state index is 2.52. The number of likely N-dealkylation sites (tertiary alicyclic amines) is 1. The van der Waals surface area contributed by atoms with Crippen molar-refractivity contribution >= 4 is 0 Å². The van der Waals surface area contributed by atoms with Gasteiger partial charge in [0.25, 0.3) is 0 Å². The van der Waals surface area contributed by atoms with Crippen LogP contribution in [-0.4, -0.2) is 24.5 Å². The number of hydrogen-bond acceptors (Lipinski definition) is 1. The highest BCUT2D eigenvalue weighted by Gasteiger charge is 2.44. The van der Waals surface area contributed by atoms with Crippen molar-refractivity contribution in [3.05, 3.63) is 35.4 Å². The van der Waals surface area contributed by atoms with Crippen LogP contribution in [0.5, 0.6) is 0 Å². The van der Waals surface area contributed by atoms with E-state index in [0.717, 1.165) is 5.92 Å². The third-order valence-corrected chi connectivity index (χ3v) is 4.72. The number of benzene rings is 1. The normalized spacial score (nSPS) is 29.8. The minimum absolute atomic E-state index is 0.358. The summed E-state index contributed by atoms with van der Waals surface area (Å²) in [5.41, 5.74) is 3.35. The Bertz CT molecular complexity index is 416.